The van der Waals surface area contributed by atoms with E-state index in [4.69, 9.17) is 11.6 Å². The summed E-state index contributed by atoms with van der Waals surface area (Å²) in [5.74, 6) is 0. The normalized spacial score (nSPS) is 10.7. The van der Waals surface area contributed by atoms with Crippen molar-refractivity contribution in [1.29, 1.82) is 5.26 Å². The van der Waals surface area contributed by atoms with Crippen molar-refractivity contribution >= 4 is 35.7 Å². The van der Waals surface area contributed by atoms with Crippen LogP contribution in [0.15, 0.2) is 42.6 Å². The number of rotatable bonds is 5. The second kappa shape index (κ2) is 8.72. The van der Waals surface area contributed by atoms with Gasteiger partial charge < -0.3 is 5.32 Å². The molecule has 0 saturated heterocycles. The first kappa shape index (κ1) is 20.3. The highest BCUT2D eigenvalue weighted by molar-refractivity contribution is 6.32. The summed E-state index contributed by atoms with van der Waals surface area (Å²) in [6.07, 6.45) is 6.08. The molecule has 0 fully saturated rings. The quantitative estimate of drug-likeness (QED) is 0.539. The van der Waals surface area contributed by atoms with E-state index in [0.717, 1.165) is 39.8 Å². The Morgan fingerprint density at radius 3 is 2.59 bits per heavy atom. The lowest BCUT2D eigenvalue weighted by molar-refractivity contribution is 0.112. The summed E-state index contributed by atoms with van der Waals surface area (Å²) in [5, 5.41) is 13.5. The average molecular weight is 402 g/mol. The minimum Gasteiger partial charge on any atom is -0.388 e. The molecule has 1 heterocycles. The van der Waals surface area contributed by atoms with Gasteiger partial charge in [-0.25, -0.2) is 0 Å². The highest BCUT2D eigenvalue weighted by atomic mass is 35.5. The molecule has 0 amide bonds. The predicted molar refractivity (Wildman–Crippen MR) is 119 cm³/mol. The van der Waals surface area contributed by atoms with E-state index in [1.54, 1.807) is 18.3 Å². The Morgan fingerprint density at radius 1 is 1.10 bits per heavy atom. The molecule has 0 saturated carbocycles. The van der Waals surface area contributed by atoms with E-state index in [2.05, 4.69) is 16.4 Å². The molecule has 0 bridgehead atoms. The van der Waals surface area contributed by atoms with Crippen molar-refractivity contribution in [2.45, 2.75) is 13.8 Å². The molecule has 0 radical (unpaired) electrons. The number of hydrogen-bond donors (Lipinski definition) is 1. The number of nitrogens with zero attached hydrogens (tertiary/aromatic N) is 2. The number of nitrogens with one attached hydrogen (secondary N) is 1. The molecule has 0 unspecified atom stereocenters. The highest BCUT2D eigenvalue weighted by Crippen LogP contribution is 2.32. The summed E-state index contributed by atoms with van der Waals surface area (Å²) in [7, 11) is 1.87. The molecule has 5 heteroatoms. The number of aryl methyl sites for hydroxylation is 1. The van der Waals surface area contributed by atoms with Gasteiger partial charge in [-0.3, -0.25) is 9.78 Å². The Bertz CT molecular complexity index is 1160. The fraction of sp³-hybridized carbons (Fsp3) is 0.125. The average Bonchev–Trinajstić information content (AvgIpc) is 2.73. The van der Waals surface area contributed by atoms with Crippen molar-refractivity contribution in [3.8, 4) is 17.2 Å². The van der Waals surface area contributed by atoms with Gasteiger partial charge in [0.25, 0.3) is 0 Å². The lowest BCUT2D eigenvalue weighted by Gasteiger charge is -2.13. The lowest BCUT2D eigenvalue weighted by Crippen LogP contribution is -1.97. The van der Waals surface area contributed by atoms with Gasteiger partial charge in [0.15, 0.2) is 0 Å². The first-order valence-corrected chi connectivity index (χ1v) is 9.48. The summed E-state index contributed by atoms with van der Waals surface area (Å²) >= 11 is 6.30. The van der Waals surface area contributed by atoms with Gasteiger partial charge in [0.2, 0.25) is 0 Å². The molecule has 144 valence electrons. The van der Waals surface area contributed by atoms with E-state index in [0.29, 0.717) is 21.8 Å². The maximum Gasteiger partial charge on any atom is 0.150 e. The molecule has 3 rings (SSSR count). The highest BCUT2D eigenvalue weighted by Gasteiger charge is 2.13. The number of halogens is 1. The van der Waals surface area contributed by atoms with Gasteiger partial charge in [0.05, 0.1) is 11.3 Å². The number of hydrogen-bond acceptors (Lipinski definition) is 4. The number of pyridine rings is 1. The van der Waals surface area contributed by atoms with Crippen LogP contribution in [0.4, 0.5) is 5.69 Å². The third-order valence-electron chi connectivity index (χ3n) is 4.92. The van der Waals surface area contributed by atoms with Crippen LogP contribution >= 0.6 is 11.6 Å². The van der Waals surface area contributed by atoms with Crippen LogP contribution in [-0.2, 0) is 0 Å². The van der Waals surface area contributed by atoms with E-state index in [9.17, 15) is 10.1 Å². The minimum absolute atomic E-state index is 0.473. The van der Waals surface area contributed by atoms with E-state index < -0.39 is 0 Å². The molecule has 3 aromatic rings. The first-order valence-electron chi connectivity index (χ1n) is 9.10. The molecule has 4 nitrogen and oxygen atoms in total. The summed E-state index contributed by atoms with van der Waals surface area (Å²) in [4.78, 5) is 15.5. The van der Waals surface area contributed by atoms with Gasteiger partial charge in [0, 0.05) is 35.1 Å². The van der Waals surface area contributed by atoms with E-state index >= 15 is 0 Å². The molecule has 0 aliphatic carbocycles. The summed E-state index contributed by atoms with van der Waals surface area (Å²) in [5.41, 5.74) is 7.11. The number of nitriles is 1. The molecule has 0 atom stereocenters. The second-order valence-electron chi connectivity index (χ2n) is 6.64. The van der Waals surface area contributed by atoms with Crippen molar-refractivity contribution in [2.24, 2.45) is 0 Å². The molecular formula is C24H20ClN3O. The van der Waals surface area contributed by atoms with Crippen LogP contribution in [0.25, 0.3) is 23.3 Å². The van der Waals surface area contributed by atoms with Crippen LogP contribution in [0, 0.1) is 25.2 Å². The topological polar surface area (TPSA) is 65.8 Å². The molecule has 2 aromatic carbocycles. The lowest BCUT2D eigenvalue weighted by atomic mass is 9.95. The number of aromatic nitrogens is 1. The number of benzene rings is 2. The first-order chi connectivity index (χ1) is 14.0. The maximum absolute atomic E-state index is 11.1. The molecule has 1 aromatic heterocycles. The Labute approximate surface area is 175 Å². The molecule has 0 aliphatic heterocycles. The van der Waals surface area contributed by atoms with Crippen LogP contribution < -0.4 is 5.32 Å². The largest absolute Gasteiger partial charge is 0.388 e. The van der Waals surface area contributed by atoms with Gasteiger partial charge in [-0.05, 0) is 66.4 Å². The van der Waals surface area contributed by atoms with Crippen molar-refractivity contribution in [3.63, 3.8) is 0 Å². The van der Waals surface area contributed by atoms with Crippen LogP contribution in [0.1, 0.15) is 38.3 Å². The van der Waals surface area contributed by atoms with E-state index in [-0.39, 0.29) is 0 Å². The zero-order valence-corrected chi connectivity index (χ0v) is 17.2. The van der Waals surface area contributed by atoms with Crippen molar-refractivity contribution in [1.82, 2.24) is 4.98 Å². The van der Waals surface area contributed by atoms with Gasteiger partial charge in [0.1, 0.15) is 12.4 Å². The molecule has 1 N–H and O–H groups in total. The van der Waals surface area contributed by atoms with Crippen LogP contribution in [0.5, 0.6) is 0 Å². The molecule has 29 heavy (non-hydrogen) atoms. The SMILES string of the molecule is CNc1cccc(-c2ccnc(/C=C/c3cc(C)c(C=O)cc3Cl)c2C#N)c1C. The van der Waals surface area contributed by atoms with Gasteiger partial charge >= 0.3 is 0 Å². The smallest absolute Gasteiger partial charge is 0.150 e. The minimum atomic E-state index is 0.473. The number of carbonyl (C=O) groups is 1. The number of carbonyl (C=O) groups excluding carboxylic acids is 1. The third kappa shape index (κ3) is 4.06. The van der Waals surface area contributed by atoms with Gasteiger partial charge in [-0.1, -0.05) is 29.8 Å². The molecule has 0 spiro atoms. The van der Waals surface area contributed by atoms with Crippen molar-refractivity contribution < 1.29 is 4.79 Å². The summed E-state index contributed by atoms with van der Waals surface area (Å²) < 4.78 is 0. The fourth-order valence-corrected chi connectivity index (χ4v) is 3.52. The van der Waals surface area contributed by atoms with E-state index in [1.165, 1.54) is 0 Å². The fourth-order valence-electron chi connectivity index (χ4n) is 3.29. The zero-order valence-electron chi connectivity index (χ0n) is 16.5. The predicted octanol–water partition coefficient (Wildman–Crippen LogP) is 5.92. The molecular weight excluding hydrogens is 382 g/mol. The summed E-state index contributed by atoms with van der Waals surface area (Å²) in [6.45, 7) is 3.88. The Hall–Kier alpha value is -3.42. The van der Waals surface area contributed by atoms with Gasteiger partial charge in [-0.2, -0.15) is 5.26 Å². The molecule has 0 aliphatic rings. The van der Waals surface area contributed by atoms with Crippen molar-refractivity contribution in [3.05, 3.63) is 81.1 Å². The Kier molecular flexibility index (Phi) is 6.11. The monoisotopic (exact) mass is 401 g/mol. The van der Waals surface area contributed by atoms with Gasteiger partial charge in [-0.15, -0.1) is 0 Å². The van der Waals surface area contributed by atoms with Crippen LogP contribution in [0.3, 0.4) is 0 Å². The standard InChI is InChI=1S/C24H20ClN3O/c1-15-11-17(22(25)12-18(15)14-29)7-8-24-21(13-26)20(9-10-28-24)19-5-4-6-23(27-3)16(19)2/h4-12,14,27H,1-3H3/b8-7+. The Morgan fingerprint density at radius 2 is 1.90 bits per heavy atom. The second-order valence-corrected chi connectivity index (χ2v) is 7.05. The number of aldehydes is 1. The Balaban J connectivity index is 2.09. The van der Waals surface area contributed by atoms with E-state index in [1.807, 2.05) is 57.3 Å². The number of anilines is 1. The zero-order chi connectivity index (χ0) is 21.0. The maximum atomic E-state index is 11.1. The summed E-state index contributed by atoms with van der Waals surface area (Å²) in [6, 6.07) is 13.6. The van der Waals surface area contributed by atoms with Crippen LogP contribution in [0.2, 0.25) is 5.02 Å². The third-order valence-corrected chi connectivity index (χ3v) is 5.25. The van der Waals surface area contributed by atoms with Crippen LogP contribution in [-0.4, -0.2) is 18.3 Å². The van der Waals surface area contributed by atoms with Crippen molar-refractivity contribution in [2.75, 3.05) is 12.4 Å².